The van der Waals surface area contributed by atoms with Gasteiger partial charge in [0, 0.05) is 50.1 Å². The Labute approximate surface area is 321 Å². The zero-order valence-electron chi connectivity index (χ0n) is 32.3. The Morgan fingerprint density at radius 1 is 0.964 bits per heavy atom. The van der Waals surface area contributed by atoms with Crippen LogP contribution in [0.15, 0.2) is 32.6 Å². The zero-order chi connectivity index (χ0) is 39.8. The number of aliphatic hydroxyl groups is 1. The molecule has 0 aromatic carbocycles. The third kappa shape index (κ3) is 7.75. The molecule has 1 aromatic heterocycles. The number of carboxylic acid groups (broad SMARTS) is 1. The molecule has 1 aliphatic heterocycles. The van der Waals surface area contributed by atoms with E-state index in [4.69, 9.17) is 30.1 Å². The van der Waals surface area contributed by atoms with Gasteiger partial charge < -0.3 is 45.6 Å². The van der Waals surface area contributed by atoms with Crippen LogP contribution in [0.5, 0.6) is 0 Å². The minimum Gasteiger partial charge on any atom is -0.480 e. The molecule has 5 fully saturated rings. The number of guanidine groups is 1. The first kappa shape index (κ1) is 40.7. The van der Waals surface area contributed by atoms with Crippen molar-refractivity contribution in [3.63, 3.8) is 0 Å². The second kappa shape index (κ2) is 15.9. The lowest BCUT2D eigenvalue weighted by Gasteiger charge is -2.64. The number of unbranched alkanes of at least 4 members (excludes halogenated alkanes) is 3. The van der Waals surface area contributed by atoms with Crippen LogP contribution < -0.4 is 22.4 Å². The topological polar surface area (TPSA) is 246 Å². The van der Waals surface area contributed by atoms with Crippen molar-refractivity contribution < 1.29 is 48.0 Å². The predicted molar refractivity (Wildman–Crippen MR) is 198 cm³/mol. The standard InChI is InChI=1S/C40H58N4O11/c1-23(45)53-33-32(24-12-13-30(47)52-22-24)38(3)18-15-26-27(40(38)34(33)55-40)16-19-39(51)21-25(14-17-37(26,39)2)54-31(48)11-7-5-4-6-10-29(46)44-28(35(49)50)9-8-20-43-36(41)42/h12-13,22,25-28,32-34,51H,4-11,14-21H2,1-3H3,(H,44,46)(H,49,50)(H4,41,42,43)/t25-,26-,27+,28-,32-,33-,34+,37+,38+,39-,40+/m0/s1. The van der Waals surface area contributed by atoms with E-state index in [9.17, 15) is 34.2 Å². The van der Waals surface area contributed by atoms with Gasteiger partial charge in [0.1, 0.15) is 30.0 Å². The SMILES string of the molecule is CC(=O)O[C@@H]1[C@H]2O[C@]23[C@@H]2CC[C@]4(O)C[C@@H](OC(=O)CCCCCCC(=O)N[C@@H](CCCN=C(N)N)C(=O)O)CC[C@]4(C)[C@H]2CC[C@]3(C)[C@H]1c1ccc(=O)oc1. The molecule has 11 atom stereocenters. The van der Waals surface area contributed by atoms with Gasteiger partial charge in [0.05, 0.1) is 11.9 Å². The number of amides is 1. The molecule has 1 saturated heterocycles. The lowest BCUT2D eigenvalue weighted by molar-refractivity contribution is -0.228. The summed E-state index contributed by atoms with van der Waals surface area (Å²) in [5.41, 5.74) is 8.65. The van der Waals surface area contributed by atoms with E-state index in [0.717, 1.165) is 31.2 Å². The molecular formula is C40H58N4O11. The van der Waals surface area contributed by atoms with Gasteiger partial charge in [0.2, 0.25) is 5.91 Å². The average molecular weight is 771 g/mol. The highest BCUT2D eigenvalue weighted by Crippen LogP contribution is 2.78. The molecule has 4 aliphatic carbocycles. The van der Waals surface area contributed by atoms with E-state index in [1.807, 2.05) is 0 Å². The van der Waals surface area contributed by atoms with Crippen LogP contribution in [0, 0.1) is 22.7 Å². The highest BCUT2D eigenvalue weighted by Gasteiger charge is 2.85. The van der Waals surface area contributed by atoms with Crippen molar-refractivity contribution in [2.45, 2.75) is 159 Å². The number of fused-ring (bicyclic) bond motifs is 3. The summed E-state index contributed by atoms with van der Waals surface area (Å²) in [4.78, 5) is 64.7. The number of carbonyl (C=O) groups is 4. The van der Waals surface area contributed by atoms with Crippen molar-refractivity contribution in [3.8, 4) is 0 Å². The molecule has 0 bridgehead atoms. The van der Waals surface area contributed by atoms with Gasteiger partial charge in [0.25, 0.3) is 0 Å². The number of aliphatic imine (C=N–C) groups is 1. The summed E-state index contributed by atoms with van der Waals surface area (Å²) in [6.45, 7) is 6.10. The highest BCUT2D eigenvalue weighted by atomic mass is 16.7. The van der Waals surface area contributed by atoms with Crippen LogP contribution in [-0.2, 0) is 33.4 Å². The Morgan fingerprint density at radius 2 is 1.67 bits per heavy atom. The predicted octanol–water partition coefficient (Wildman–Crippen LogP) is 3.43. The first-order valence-corrected chi connectivity index (χ1v) is 20.0. The molecule has 1 aromatic rings. The molecule has 6 rings (SSSR count). The molecule has 0 unspecified atom stereocenters. The summed E-state index contributed by atoms with van der Waals surface area (Å²) >= 11 is 0. The molecule has 304 valence electrons. The third-order valence-corrected chi connectivity index (χ3v) is 14.0. The Morgan fingerprint density at radius 3 is 2.35 bits per heavy atom. The summed E-state index contributed by atoms with van der Waals surface area (Å²) in [7, 11) is 0. The van der Waals surface area contributed by atoms with Crippen LogP contribution in [0.3, 0.4) is 0 Å². The van der Waals surface area contributed by atoms with Crippen LogP contribution in [0.2, 0.25) is 0 Å². The number of hydrogen-bond acceptors (Lipinski definition) is 11. The lowest BCUT2D eigenvalue weighted by Crippen LogP contribution is -2.65. The van der Waals surface area contributed by atoms with E-state index in [2.05, 4.69) is 24.2 Å². The maximum absolute atomic E-state index is 12.9. The number of ether oxygens (including phenoxy) is 3. The fourth-order valence-electron chi connectivity index (χ4n) is 11.4. The molecule has 0 radical (unpaired) electrons. The summed E-state index contributed by atoms with van der Waals surface area (Å²) in [6.07, 6.45) is 8.71. The van der Waals surface area contributed by atoms with Gasteiger partial charge in [-0.25, -0.2) is 9.59 Å². The van der Waals surface area contributed by atoms with Crippen molar-refractivity contribution in [1.29, 1.82) is 0 Å². The lowest BCUT2D eigenvalue weighted by atomic mass is 9.42. The normalized spacial score (nSPS) is 36.1. The van der Waals surface area contributed by atoms with Gasteiger partial charge in [-0.15, -0.1) is 0 Å². The molecule has 1 amide bonds. The van der Waals surface area contributed by atoms with Crippen molar-refractivity contribution in [2.24, 2.45) is 39.1 Å². The minimum atomic E-state index is -1.11. The second-order valence-electron chi connectivity index (χ2n) is 17.1. The van der Waals surface area contributed by atoms with E-state index in [1.54, 1.807) is 6.07 Å². The first-order valence-electron chi connectivity index (χ1n) is 20.0. The quantitative estimate of drug-likeness (QED) is 0.0532. The molecule has 1 spiro atoms. The summed E-state index contributed by atoms with van der Waals surface area (Å²) in [6, 6.07) is 2.18. The number of aliphatic carboxylic acids is 1. The summed E-state index contributed by atoms with van der Waals surface area (Å²) < 4.78 is 23.9. The number of nitrogens with two attached hydrogens (primary N) is 2. The van der Waals surface area contributed by atoms with E-state index >= 15 is 0 Å². The third-order valence-electron chi connectivity index (χ3n) is 14.0. The second-order valence-corrected chi connectivity index (χ2v) is 17.1. The molecule has 7 N–H and O–H groups in total. The number of nitrogens with one attached hydrogen (secondary N) is 1. The van der Waals surface area contributed by atoms with Crippen molar-refractivity contribution in [2.75, 3.05) is 6.54 Å². The molecular weight excluding hydrogens is 712 g/mol. The van der Waals surface area contributed by atoms with Gasteiger partial charge in [-0.1, -0.05) is 26.7 Å². The zero-order valence-corrected chi connectivity index (χ0v) is 32.3. The minimum absolute atomic E-state index is 0.0662. The molecule has 2 heterocycles. The number of esters is 2. The smallest absolute Gasteiger partial charge is 0.335 e. The number of rotatable bonds is 16. The van der Waals surface area contributed by atoms with Crippen LogP contribution in [0.25, 0.3) is 0 Å². The molecule has 15 heteroatoms. The monoisotopic (exact) mass is 770 g/mol. The van der Waals surface area contributed by atoms with Crippen LogP contribution >= 0.6 is 0 Å². The Balaban J connectivity index is 0.975. The Kier molecular flexibility index (Phi) is 11.7. The number of carboxylic acids is 1. The largest absolute Gasteiger partial charge is 0.480 e. The molecule has 55 heavy (non-hydrogen) atoms. The van der Waals surface area contributed by atoms with Gasteiger partial charge in [-0.3, -0.25) is 19.4 Å². The van der Waals surface area contributed by atoms with Gasteiger partial charge in [-0.05, 0) is 93.1 Å². The highest BCUT2D eigenvalue weighted by molar-refractivity contribution is 5.83. The van der Waals surface area contributed by atoms with Crippen LogP contribution in [-0.4, -0.2) is 82.1 Å². The van der Waals surface area contributed by atoms with E-state index in [0.29, 0.717) is 51.4 Å². The fourth-order valence-corrected chi connectivity index (χ4v) is 11.4. The van der Waals surface area contributed by atoms with Gasteiger partial charge in [0.15, 0.2) is 5.96 Å². The summed E-state index contributed by atoms with van der Waals surface area (Å²) in [5.74, 6) is -2.06. The van der Waals surface area contributed by atoms with Crippen LogP contribution in [0.4, 0.5) is 0 Å². The van der Waals surface area contributed by atoms with Crippen molar-refractivity contribution in [1.82, 2.24) is 5.32 Å². The number of hydrogen-bond donors (Lipinski definition) is 5. The molecule has 5 aliphatic rings. The number of nitrogens with zero attached hydrogens (tertiary/aromatic N) is 1. The number of epoxide rings is 1. The van der Waals surface area contributed by atoms with Crippen LogP contribution in [0.1, 0.15) is 129 Å². The summed E-state index contributed by atoms with van der Waals surface area (Å²) in [5, 5.41) is 24.3. The van der Waals surface area contributed by atoms with Crippen molar-refractivity contribution >= 4 is 29.8 Å². The van der Waals surface area contributed by atoms with E-state index in [1.165, 1.54) is 19.3 Å². The van der Waals surface area contributed by atoms with Gasteiger partial charge in [-0.2, -0.15) is 0 Å². The Bertz CT molecular complexity index is 1690. The fraction of sp³-hybridized carbons (Fsp3) is 0.750. The maximum atomic E-state index is 12.9. The maximum Gasteiger partial charge on any atom is 0.335 e. The van der Waals surface area contributed by atoms with E-state index in [-0.39, 0.29) is 85.0 Å². The van der Waals surface area contributed by atoms with Crippen molar-refractivity contribution in [3.05, 3.63) is 34.4 Å². The molecule has 15 nitrogen and oxygen atoms in total. The van der Waals surface area contributed by atoms with Gasteiger partial charge >= 0.3 is 23.5 Å². The molecule has 4 saturated carbocycles. The average Bonchev–Trinajstić information content (AvgIpc) is 3.82. The number of carbonyl (C=O) groups excluding carboxylic acids is 3. The first-order chi connectivity index (χ1) is 26.0. The Hall–Kier alpha value is -3.98. The van der Waals surface area contributed by atoms with E-state index < -0.39 is 40.4 Å².